The summed E-state index contributed by atoms with van der Waals surface area (Å²) in [6.45, 7) is 6.93. The molecule has 0 heterocycles. The van der Waals surface area contributed by atoms with E-state index in [0.717, 1.165) is 17.5 Å². The zero-order valence-corrected chi connectivity index (χ0v) is 12.1. The third kappa shape index (κ3) is 5.03. The van der Waals surface area contributed by atoms with E-state index in [1.54, 1.807) is 0 Å². The summed E-state index contributed by atoms with van der Waals surface area (Å²) >= 11 is 0. The summed E-state index contributed by atoms with van der Waals surface area (Å²) in [5, 5.41) is 12.2. The molecule has 0 saturated carbocycles. The molecule has 0 saturated heterocycles. The molecule has 0 aliphatic rings. The molecule has 1 amide bonds. The highest BCUT2D eigenvalue weighted by Gasteiger charge is 2.15. The highest BCUT2D eigenvalue weighted by molar-refractivity contribution is 5.76. The Bertz CT molecular complexity index is 401. The first-order valence-electron chi connectivity index (χ1n) is 7.02. The summed E-state index contributed by atoms with van der Waals surface area (Å²) in [5.74, 6) is 1.06. The van der Waals surface area contributed by atoms with E-state index >= 15 is 0 Å². The maximum absolute atomic E-state index is 11.9. The molecule has 19 heavy (non-hydrogen) atoms. The molecule has 1 aromatic rings. The fraction of sp³-hybridized carbons (Fsp3) is 0.562. The van der Waals surface area contributed by atoms with Gasteiger partial charge in [0.05, 0.1) is 6.61 Å². The SMILES string of the molecule is CCC(CC(=O)NCc1ccccc1CO)C(C)C. The number of carbonyl (C=O) groups excluding carboxylic acids is 1. The van der Waals surface area contributed by atoms with Crippen LogP contribution in [0.3, 0.4) is 0 Å². The second-order valence-electron chi connectivity index (χ2n) is 5.32. The van der Waals surface area contributed by atoms with Gasteiger partial charge in [-0.2, -0.15) is 0 Å². The van der Waals surface area contributed by atoms with Gasteiger partial charge in [0.1, 0.15) is 0 Å². The molecule has 106 valence electrons. The van der Waals surface area contributed by atoms with E-state index in [-0.39, 0.29) is 12.5 Å². The lowest BCUT2D eigenvalue weighted by Crippen LogP contribution is -2.27. The van der Waals surface area contributed by atoms with Gasteiger partial charge in [0.2, 0.25) is 5.91 Å². The Morgan fingerprint density at radius 3 is 2.42 bits per heavy atom. The zero-order valence-electron chi connectivity index (χ0n) is 12.1. The van der Waals surface area contributed by atoms with Crippen LogP contribution in [0.2, 0.25) is 0 Å². The van der Waals surface area contributed by atoms with Crippen LogP contribution in [0.25, 0.3) is 0 Å². The van der Waals surface area contributed by atoms with Gasteiger partial charge >= 0.3 is 0 Å². The van der Waals surface area contributed by atoms with Crippen LogP contribution in [0, 0.1) is 11.8 Å². The first kappa shape index (κ1) is 15.7. The fourth-order valence-corrected chi connectivity index (χ4v) is 2.24. The molecule has 0 aromatic heterocycles. The molecule has 3 heteroatoms. The maximum atomic E-state index is 11.9. The van der Waals surface area contributed by atoms with Crippen molar-refractivity contribution in [2.45, 2.75) is 46.8 Å². The van der Waals surface area contributed by atoms with Crippen molar-refractivity contribution in [3.8, 4) is 0 Å². The van der Waals surface area contributed by atoms with E-state index in [0.29, 0.717) is 24.8 Å². The number of hydrogen-bond acceptors (Lipinski definition) is 2. The molecule has 0 aliphatic carbocycles. The van der Waals surface area contributed by atoms with Crippen LogP contribution in [0.15, 0.2) is 24.3 Å². The van der Waals surface area contributed by atoms with E-state index < -0.39 is 0 Å². The minimum atomic E-state index is 0.00955. The lowest BCUT2D eigenvalue weighted by molar-refractivity contribution is -0.122. The van der Waals surface area contributed by atoms with Crippen LogP contribution in [0.4, 0.5) is 0 Å². The van der Waals surface area contributed by atoms with E-state index in [4.69, 9.17) is 0 Å². The van der Waals surface area contributed by atoms with Gasteiger partial charge in [-0.1, -0.05) is 51.5 Å². The van der Waals surface area contributed by atoms with Gasteiger partial charge in [-0.3, -0.25) is 4.79 Å². The standard InChI is InChI=1S/C16H25NO2/c1-4-13(12(2)3)9-16(19)17-10-14-7-5-6-8-15(14)11-18/h5-8,12-13,18H,4,9-11H2,1-3H3,(H,17,19). The zero-order chi connectivity index (χ0) is 14.3. The van der Waals surface area contributed by atoms with Crippen molar-refractivity contribution < 1.29 is 9.90 Å². The van der Waals surface area contributed by atoms with Gasteiger partial charge in [-0.25, -0.2) is 0 Å². The number of carbonyl (C=O) groups is 1. The molecular formula is C16H25NO2. The third-order valence-electron chi connectivity index (χ3n) is 3.68. The van der Waals surface area contributed by atoms with E-state index in [1.807, 2.05) is 24.3 Å². The Morgan fingerprint density at radius 2 is 1.89 bits per heavy atom. The number of rotatable bonds is 7. The van der Waals surface area contributed by atoms with E-state index in [2.05, 4.69) is 26.1 Å². The van der Waals surface area contributed by atoms with Gasteiger partial charge in [-0.05, 0) is 23.0 Å². The Hall–Kier alpha value is -1.35. The van der Waals surface area contributed by atoms with Gasteiger partial charge in [0, 0.05) is 13.0 Å². The summed E-state index contributed by atoms with van der Waals surface area (Å²) in [5.41, 5.74) is 1.86. The maximum Gasteiger partial charge on any atom is 0.220 e. The summed E-state index contributed by atoms with van der Waals surface area (Å²) < 4.78 is 0. The van der Waals surface area contributed by atoms with Gasteiger partial charge in [-0.15, -0.1) is 0 Å². The lowest BCUT2D eigenvalue weighted by atomic mass is 9.90. The molecule has 2 N–H and O–H groups in total. The molecule has 0 aliphatic heterocycles. The summed E-state index contributed by atoms with van der Waals surface area (Å²) in [4.78, 5) is 11.9. The number of nitrogens with one attached hydrogen (secondary N) is 1. The first-order valence-corrected chi connectivity index (χ1v) is 7.02. The van der Waals surface area contributed by atoms with Crippen molar-refractivity contribution in [1.82, 2.24) is 5.32 Å². The van der Waals surface area contributed by atoms with Crippen LogP contribution in [0.5, 0.6) is 0 Å². The minimum Gasteiger partial charge on any atom is -0.392 e. The van der Waals surface area contributed by atoms with Crippen molar-refractivity contribution in [3.05, 3.63) is 35.4 Å². The lowest BCUT2D eigenvalue weighted by Gasteiger charge is -2.18. The number of amides is 1. The number of hydrogen-bond donors (Lipinski definition) is 2. The highest BCUT2D eigenvalue weighted by atomic mass is 16.3. The molecule has 1 unspecified atom stereocenters. The summed E-state index contributed by atoms with van der Waals surface area (Å²) in [6.07, 6.45) is 1.60. The molecule has 0 bridgehead atoms. The topological polar surface area (TPSA) is 49.3 Å². The Labute approximate surface area is 116 Å². The third-order valence-corrected chi connectivity index (χ3v) is 3.68. The van der Waals surface area contributed by atoms with Crippen molar-refractivity contribution in [2.24, 2.45) is 11.8 Å². The smallest absolute Gasteiger partial charge is 0.220 e. The molecule has 1 atom stereocenters. The predicted octanol–water partition coefficient (Wildman–Crippen LogP) is 2.87. The Balaban J connectivity index is 2.50. The molecule has 3 nitrogen and oxygen atoms in total. The quantitative estimate of drug-likeness (QED) is 0.794. The number of aliphatic hydroxyl groups is 1. The van der Waals surface area contributed by atoms with Gasteiger partial charge in [0.25, 0.3) is 0 Å². The van der Waals surface area contributed by atoms with Crippen LogP contribution < -0.4 is 5.32 Å². The average Bonchev–Trinajstić information content (AvgIpc) is 2.42. The number of aliphatic hydroxyl groups excluding tert-OH is 1. The first-order chi connectivity index (χ1) is 9.08. The van der Waals surface area contributed by atoms with Crippen LogP contribution in [0.1, 0.15) is 44.7 Å². The molecule has 0 spiro atoms. The van der Waals surface area contributed by atoms with E-state index in [1.165, 1.54) is 0 Å². The second kappa shape index (κ2) is 7.95. The Morgan fingerprint density at radius 1 is 1.26 bits per heavy atom. The highest BCUT2D eigenvalue weighted by Crippen LogP contribution is 2.18. The van der Waals surface area contributed by atoms with Gasteiger partial charge in [0.15, 0.2) is 0 Å². The minimum absolute atomic E-state index is 0.00955. The monoisotopic (exact) mass is 263 g/mol. The fourth-order valence-electron chi connectivity index (χ4n) is 2.24. The largest absolute Gasteiger partial charge is 0.392 e. The normalized spacial score (nSPS) is 12.5. The van der Waals surface area contributed by atoms with Crippen LogP contribution in [-0.2, 0) is 17.9 Å². The molecule has 0 radical (unpaired) electrons. The van der Waals surface area contributed by atoms with Crippen molar-refractivity contribution >= 4 is 5.91 Å². The molecule has 1 aromatic carbocycles. The van der Waals surface area contributed by atoms with E-state index in [9.17, 15) is 9.90 Å². The summed E-state index contributed by atoms with van der Waals surface area (Å²) in [6, 6.07) is 7.63. The second-order valence-corrected chi connectivity index (χ2v) is 5.32. The molecular weight excluding hydrogens is 238 g/mol. The van der Waals surface area contributed by atoms with Crippen molar-refractivity contribution in [2.75, 3.05) is 0 Å². The predicted molar refractivity (Wildman–Crippen MR) is 77.4 cm³/mol. The van der Waals surface area contributed by atoms with Gasteiger partial charge < -0.3 is 10.4 Å². The van der Waals surface area contributed by atoms with Crippen molar-refractivity contribution in [1.29, 1.82) is 0 Å². The van der Waals surface area contributed by atoms with Crippen LogP contribution in [-0.4, -0.2) is 11.0 Å². The molecule has 0 fully saturated rings. The van der Waals surface area contributed by atoms with Crippen molar-refractivity contribution in [3.63, 3.8) is 0 Å². The number of benzene rings is 1. The van der Waals surface area contributed by atoms with Crippen LogP contribution >= 0.6 is 0 Å². The Kier molecular flexibility index (Phi) is 6.57. The molecule has 1 rings (SSSR count). The summed E-state index contributed by atoms with van der Waals surface area (Å²) in [7, 11) is 0. The average molecular weight is 263 g/mol.